The Kier molecular flexibility index (Phi) is 10.1. The summed E-state index contributed by atoms with van der Waals surface area (Å²) in [6.45, 7) is 0. The van der Waals surface area contributed by atoms with E-state index in [4.69, 9.17) is 9.47 Å². The van der Waals surface area contributed by atoms with E-state index < -0.39 is 47.7 Å². The van der Waals surface area contributed by atoms with Crippen LogP contribution in [-0.4, -0.2) is 57.5 Å². The van der Waals surface area contributed by atoms with Crippen LogP contribution in [0.3, 0.4) is 0 Å². The maximum Gasteiger partial charge on any atom is 0.310 e. The Balaban J connectivity index is 1.14. The predicted octanol–water partition coefficient (Wildman–Crippen LogP) is 4.33. The van der Waals surface area contributed by atoms with Crippen molar-refractivity contribution >= 4 is 23.9 Å². The molecule has 4 fully saturated rings. The lowest BCUT2D eigenvalue weighted by Gasteiger charge is -2.35. The van der Waals surface area contributed by atoms with E-state index in [-0.39, 0.29) is 24.6 Å². The highest BCUT2D eigenvalue weighted by molar-refractivity contribution is 5.82. The Morgan fingerprint density at radius 3 is 1.47 bits per heavy atom. The Bertz CT molecular complexity index is 841. The van der Waals surface area contributed by atoms with Gasteiger partial charge >= 0.3 is 23.9 Å². The number of hydrogen-bond donors (Lipinski definition) is 3. The number of carboxylic acid groups (broad SMARTS) is 2. The lowest BCUT2D eigenvalue weighted by Crippen LogP contribution is -2.39. The fourth-order valence-corrected chi connectivity index (χ4v) is 7.36. The van der Waals surface area contributed by atoms with Crippen LogP contribution in [0.5, 0.6) is 0 Å². The molecule has 0 heterocycles. The van der Waals surface area contributed by atoms with Crippen LogP contribution in [0.4, 0.5) is 0 Å². The largest absolute Gasteiger partial charge is 0.481 e. The average molecular weight is 537 g/mol. The number of rotatable bonds is 8. The van der Waals surface area contributed by atoms with Crippen LogP contribution in [0.2, 0.25) is 0 Å². The molecule has 0 aromatic carbocycles. The molecule has 0 radical (unpaired) electrons. The van der Waals surface area contributed by atoms with Crippen molar-refractivity contribution in [2.75, 3.05) is 0 Å². The highest BCUT2D eigenvalue weighted by atomic mass is 16.5. The molecule has 5 unspecified atom stereocenters. The molecule has 5 atom stereocenters. The summed E-state index contributed by atoms with van der Waals surface area (Å²) in [6.07, 6.45) is 11.2. The summed E-state index contributed by atoms with van der Waals surface area (Å²) in [5.41, 5.74) is 0. The molecule has 4 aliphatic rings. The highest BCUT2D eigenvalue weighted by Crippen LogP contribution is 2.39. The number of aliphatic hydroxyl groups excluding tert-OH is 1. The predicted molar refractivity (Wildman–Crippen MR) is 136 cm³/mol. The second-order valence-electron chi connectivity index (χ2n) is 12.2. The minimum atomic E-state index is -1.04. The fourth-order valence-electron chi connectivity index (χ4n) is 7.36. The Morgan fingerprint density at radius 2 is 1.00 bits per heavy atom. The smallest absolute Gasteiger partial charge is 0.310 e. The number of carboxylic acids is 2. The molecule has 0 spiro atoms. The molecule has 4 rings (SSSR count). The molecule has 0 saturated heterocycles. The lowest BCUT2D eigenvalue weighted by atomic mass is 9.76. The van der Waals surface area contributed by atoms with E-state index in [1.165, 1.54) is 0 Å². The summed E-state index contributed by atoms with van der Waals surface area (Å²) in [6, 6.07) is 0. The third kappa shape index (κ3) is 7.48. The first-order valence-electron chi connectivity index (χ1n) is 14.8. The molecule has 214 valence electrons. The van der Waals surface area contributed by atoms with Crippen LogP contribution >= 0.6 is 0 Å². The van der Waals surface area contributed by atoms with Crippen LogP contribution in [0.25, 0.3) is 0 Å². The van der Waals surface area contributed by atoms with E-state index in [1.807, 2.05) is 0 Å². The van der Waals surface area contributed by atoms with Crippen LogP contribution in [0.1, 0.15) is 103 Å². The molecule has 9 heteroatoms. The maximum atomic E-state index is 12.7. The second kappa shape index (κ2) is 13.3. The SMILES string of the molecule is O=C(O)C1CCCCC1C(=O)OC1CCC(CC2CCC(OC(=O)C3CCC(O)CC3C(=O)O)CC2)CC1. The van der Waals surface area contributed by atoms with E-state index in [0.717, 1.165) is 70.6 Å². The van der Waals surface area contributed by atoms with Gasteiger partial charge in [-0.25, -0.2) is 0 Å². The molecule has 0 amide bonds. The molecule has 38 heavy (non-hydrogen) atoms. The number of carbonyl (C=O) groups excluding carboxylic acids is 2. The van der Waals surface area contributed by atoms with Gasteiger partial charge in [0, 0.05) is 0 Å². The van der Waals surface area contributed by atoms with Gasteiger partial charge in [0.1, 0.15) is 12.2 Å². The minimum Gasteiger partial charge on any atom is -0.481 e. The van der Waals surface area contributed by atoms with Gasteiger partial charge in [-0.15, -0.1) is 0 Å². The van der Waals surface area contributed by atoms with E-state index in [0.29, 0.717) is 37.5 Å². The van der Waals surface area contributed by atoms with Crippen LogP contribution in [0, 0.1) is 35.5 Å². The first kappa shape index (κ1) is 28.8. The van der Waals surface area contributed by atoms with Gasteiger partial charge in [-0.3, -0.25) is 19.2 Å². The number of aliphatic carboxylic acids is 2. The zero-order valence-electron chi connectivity index (χ0n) is 22.3. The number of aliphatic hydroxyl groups is 1. The normalized spacial score (nSPS) is 38.1. The number of carbonyl (C=O) groups is 4. The molecule has 9 nitrogen and oxygen atoms in total. The molecule has 0 aliphatic heterocycles. The van der Waals surface area contributed by atoms with E-state index in [1.54, 1.807) is 0 Å². The number of hydrogen-bond acceptors (Lipinski definition) is 7. The zero-order chi connectivity index (χ0) is 27.2. The van der Waals surface area contributed by atoms with Crippen LogP contribution in [-0.2, 0) is 28.7 Å². The third-order valence-corrected chi connectivity index (χ3v) is 9.65. The van der Waals surface area contributed by atoms with Crippen molar-refractivity contribution in [2.24, 2.45) is 35.5 Å². The van der Waals surface area contributed by atoms with Gasteiger partial charge in [-0.2, -0.15) is 0 Å². The molecule has 4 aliphatic carbocycles. The van der Waals surface area contributed by atoms with E-state index >= 15 is 0 Å². The summed E-state index contributed by atoms with van der Waals surface area (Å²) < 4.78 is 11.5. The summed E-state index contributed by atoms with van der Waals surface area (Å²) in [4.78, 5) is 48.5. The molecule has 3 N–H and O–H groups in total. The third-order valence-electron chi connectivity index (χ3n) is 9.65. The molecule has 4 saturated carbocycles. The number of esters is 2. The van der Waals surface area contributed by atoms with Gasteiger partial charge in [-0.05, 0) is 102 Å². The van der Waals surface area contributed by atoms with Crippen molar-refractivity contribution in [2.45, 2.75) is 121 Å². The van der Waals surface area contributed by atoms with E-state index in [9.17, 15) is 34.5 Å². The lowest BCUT2D eigenvalue weighted by molar-refractivity contribution is -0.167. The molecular formula is C29H44O9. The van der Waals surface area contributed by atoms with Gasteiger partial charge < -0.3 is 24.8 Å². The molecule has 0 aromatic heterocycles. The first-order valence-corrected chi connectivity index (χ1v) is 14.8. The topological polar surface area (TPSA) is 147 Å². The van der Waals surface area contributed by atoms with Crippen molar-refractivity contribution in [1.29, 1.82) is 0 Å². The Morgan fingerprint density at radius 1 is 0.553 bits per heavy atom. The minimum absolute atomic E-state index is 0.104. The van der Waals surface area contributed by atoms with Crippen molar-refractivity contribution < 1.29 is 44.0 Å². The quantitative estimate of drug-likeness (QED) is 0.385. The van der Waals surface area contributed by atoms with Crippen molar-refractivity contribution in [3.63, 3.8) is 0 Å². The van der Waals surface area contributed by atoms with Gasteiger partial charge in [0.25, 0.3) is 0 Å². The van der Waals surface area contributed by atoms with E-state index in [2.05, 4.69) is 0 Å². The summed E-state index contributed by atoms with van der Waals surface area (Å²) in [5, 5.41) is 28.7. The van der Waals surface area contributed by atoms with Crippen molar-refractivity contribution in [3.05, 3.63) is 0 Å². The Hall–Kier alpha value is -2.16. The van der Waals surface area contributed by atoms with Gasteiger partial charge in [0.2, 0.25) is 0 Å². The zero-order valence-corrected chi connectivity index (χ0v) is 22.3. The first-order chi connectivity index (χ1) is 18.2. The monoisotopic (exact) mass is 536 g/mol. The Labute approximate surface area is 224 Å². The fraction of sp³-hybridized carbons (Fsp3) is 0.862. The molecular weight excluding hydrogens is 492 g/mol. The highest BCUT2D eigenvalue weighted by Gasteiger charge is 2.41. The van der Waals surface area contributed by atoms with Crippen LogP contribution in [0.15, 0.2) is 0 Å². The maximum absolute atomic E-state index is 12.7. The molecule has 0 aromatic rings. The summed E-state index contributed by atoms with van der Waals surface area (Å²) in [7, 11) is 0. The summed E-state index contributed by atoms with van der Waals surface area (Å²) >= 11 is 0. The van der Waals surface area contributed by atoms with Gasteiger partial charge in [0.05, 0.1) is 29.8 Å². The van der Waals surface area contributed by atoms with Crippen LogP contribution < -0.4 is 0 Å². The van der Waals surface area contributed by atoms with Gasteiger partial charge in [-0.1, -0.05) is 12.8 Å². The van der Waals surface area contributed by atoms with Crippen molar-refractivity contribution in [1.82, 2.24) is 0 Å². The standard InChI is InChI=1S/C29H44O9/c30-19-9-14-24(25(16-19)27(33)34)29(36)38-21-12-7-18(8-13-21)15-17-5-10-20(11-6-17)37-28(35)23-4-2-1-3-22(23)26(31)32/h17-25,30H,1-16H2,(H,31,32)(H,33,34). The number of ether oxygens (including phenoxy) is 2. The van der Waals surface area contributed by atoms with Crippen molar-refractivity contribution in [3.8, 4) is 0 Å². The molecule has 0 bridgehead atoms. The second-order valence-corrected chi connectivity index (χ2v) is 12.2. The van der Waals surface area contributed by atoms with Gasteiger partial charge in [0.15, 0.2) is 0 Å². The summed E-state index contributed by atoms with van der Waals surface area (Å²) in [5.74, 6) is -4.21. The average Bonchev–Trinajstić information content (AvgIpc) is 2.90.